The first-order valence-corrected chi connectivity index (χ1v) is 18.1. The molecule has 0 bridgehead atoms. The second-order valence-corrected chi connectivity index (χ2v) is 15.2. The van der Waals surface area contributed by atoms with Crippen molar-refractivity contribution >= 4 is 54.1 Å². The molecule has 6 heteroatoms. The Kier molecular flexibility index (Phi) is 12.1. The summed E-state index contributed by atoms with van der Waals surface area (Å²) in [5.41, 5.74) is 3.05. The summed E-state index contributed by atoms with van der Waals surface area (Å²) in [5.74, 6) is 4.74. The number of anilines is 3. The fraction of sp³-hybridized carbons (Fsp3) is 0.0250. The van der Waals surface area contributed by atoms with Gasteiger partial charge in [0.2, 0.25) is 0 Å². The van der Waals surface area contributed by atoms with Crippen LogP contribution >= 0.6 is 15.8 Å². The van der Waals surface area contributed by atoms with Crippen molar-refractivity contribution in [2.24, 2.45) is 0 Å². The quantitative estimate of drug-likeness (QED) is 0.0926. The molecule has 0 radical (unpaired) electrons. The predicted molar refractivity (Wildman–Crippen MR) is 197 cm³/mol. The molecule has 0 saturated carbocycles. The molecule has 6 aromatic rings. The Morgan fingerprint density at radius 3 is 1.33 bits per heavy atom. The minimum atomic E-state index is -0.964. The van der Waals surface area contributed by atoms with Gasteiger partial charge in [0, 0.05) is 17.2 Å². The zero-order valence-corrected chi connectivity index (χ0v) is 29.2. The molecular formula is C40H35FN2P2Ru+2. The molecule has 1 heterocycles. The summed E-state index contributed by atoms with van der Waals surface area (Å²) in [4.78, 5) is 4.03. The normalized spacial score (nSPS) is 12.1. The Labute approximate surface area is 287 Å². The van der Waals surface area contributed by atoms with Crippen LogP contribution in [0.25, 0.3) is 0 Å². The van der Waals surface area contributed by atoms with Gasteiger partial charge >= 0.3 is 19.5 Å². The van der Waals surface area contributed by atoms with Crippen LogP contribution in [0.1, 0.15) is 0 Å². The zero-order valence-electron chi connectivity index (χ0n) is 25.4. The van der Waals surface area contributed by atoms with Crippen molar-refractivity contribution in [2.45, 2.75) is 0 Å². The van der Waals surface area contributed by atoms with Crippen LogP contribution in [0.4, 0.5) is 21.5 Å². The molecule has 2 nitrogen and oxygen atoms in total. The van der Waals surface area contributed by atoms with Gasteiger partial charge in [0.25, 0.3) is 0 Å². The first kappa shape index (κ1) is 33.4. The van der Waals surface area contributed by atoms with Gasteiger partial charge in [0.05, 0.1) is 15.8 Å². The van der Waals surface area contributed by atoms with Crippen LogP contribution in [-0.4, -0.2) is 7.05 Å². The van der Waals surface area contributed by atoms with Gasteiger partial charge in [-0.25, -0.2) is 0 Å². The van der Waals surface area contributed by atoms with Crippen LogP contribution < -0.4 is 31.0 Å². The van der Waals surface area contributed by atoms with E-state index in [1.165, 1.54) is 33.4 Å². The van der Waals surface area contributed by atoms with Gasteiger partial charge in [0.15, 0.2) is 0 Å². The van der Waals surface area contributed by atoms with Crippen LogP contribution in [0.5, 0.6) is 0 Å². The van der Waals surface area contributed by atoms with E-state index in [1.807, 2.05) is 41.7 Å². The molecule has 0 atom stereocenters. The fourth-order valence-electron chi connectivity index (χ4n) is 5.36. The summed E-state index contributed by atoms with van der Waals surface area (Å²) in [5, 5.41) is 5.71. The van der Waals surface area contributed by atoms with E-state index in [1.54, 1.807) is 6.07 Å². The SMILES string of the molecule is C(=C[PH+](c1ccccc1)c1ccccc1)[PH+](c1ccccc1)c1ccccc1.CN1[CH-]N(c2[c-]cc(F)cc2)c2ccccc21.[Ru+2]. The van der Waals surface area contributed by atoms with Crippen molar-refractivity contribution < 1.29 is 23.9 Å². The van der Waals surface area contributed by atoms with Crippen molar-refractivity contribution in [3.05, 3.63) is 194 Å². The Hall–Kier alpha value is -3.93. The third kappa shape index (κ3) is 8.26. The molecule has 228 valence electrons. The Morgan fingerprint density at radius 2 is 0.935 bits per heavy atom. The summed E-state index contributed by atoms with van der Waals surface area (Å²) >= 11 is 0. The van der Waals surface area contributed by atoms with Gasteiger partial charge in [-0.2, -0.15) is 12.7 Å². The molecule has 6 aromatic carbocycles. The van der Waals surface area contributed by atoms with E-state index in [4.69, 9.17) is 0 Å². The molecule has 0 unspecified atom stereocenters. The van der Waals surface area contributed by atoms with Gasteiger partial charge in [-0.15, -0.1) is 23.9 Å². The summed E-state index contributed by atoms with van der Waals surface area (Å²) in [6.07, 6.45) is 0. The molecule has 0 fully saturated rings. The summed E-state index contributed by atoms with van der Waals surface area (Å²) in [7, 11) is 0.0605. The number of halogens is 1. The Morgan fingerprint density at radius 1 is 0.543 bits per heavy atom. The molecule has 0 amide bonds. The monoisotopic (exact) mass is 726 g/mol. The van der Waals surface area contributed by atoms with Gasteiger partial charge in [-0.1, -0.05) is 84.9 Å². The number of para-hydroxylation sites is 2. The number of benzene rings is 6. The van der Waals surface area contributed by atoms with Gasteiger partial charge in [0.1, 0.15) is 32.9 Å². The van der Waals surface area contributed by atoms with Crippen LogP contribution in [0.15, 0.2) is 175 Å². The van der Waals surface area contributed by atoms with Gasteiger partial charge in [-0.3, -0.25) is 4.39 Å². The smallest absolute Gasteiger partial charge is 0.504 e. The molecule has 46 heavy (non-hydrogen) atoms. The third-order valence-electron chi connectivity index (χ3n) is 7.58. The number of hydrogen-bond acceptors (Lipinski definition) is 2. The van der Waals surface area contributed by atoms with Gasteiger partial charge < -0.3 is 9.80 Å². The minimum absolute atomic E-state index is 0. The van der Waals surface area contributed by atoms with E-state index in [0.717, 1.165) is 17.1 Å². The molecule has 7 rings (SSSR count). The molecule has 0 saturated heterocycles. The number of nitrogens with zero attached hydrogens (tertiary/aromatic N) is 2. The summed E-state index contributed by atoms with van der Waals surface area (Å²) < 4.78 is 12.9. The van der Waals surface area contributed by atoms with Crippen molar-refractivity contribution in [3.63, 3.8) is 0 Å². The predicted octanol–water partition coefficient (Wildman–Crippen LogP) is 8.52. The number of rotatable bonds is 7. The number of hydrogen-bond donors (Lipinski definition) is 0. The Balaban J connectivity index is 0.000000198. The largest absolute Gasteiger partial charge is 2.00 e. The van der Waals surface area contributed by atoms with Crippen molar-refractivity contribution in [1.82, 2.24) is 0 Å². The molecule has 1 aliphatic heterocycles. The first-order valence-electron chi connectivity index (χ1n) is 14.9. The average molecular weight is 726 g/mol. The van der Waals surface area contributed by atoms with E-state index in [2.05, 4.69) is 145 Å². The van der Waals surface area contributed by atoms with Crippen molar-refractivity contribution in [2.75, 3.05) is 16.8 Å². The van der Waals surface area contributed by atoms with Gasteiger partial charge in [-0.05, 0) is 67.7 Å². The molecule has 0 aliphatic carbocycles. The first-order chi connectivity index (χ1) is 22.2. The molecule has 1 aliphatic rings. The van der Waals surface area contributed by atoms with E-state index >= 15 is 0 Å². The van der Waals surface area contributed by atoms with E-state index in [9.17, 15) is 4.39 Å². The van der Waals surface area contributed by atoms with Crippen molar-refractivity contribution in [1.29, 1.82) is 0 Å². The average Bonchev–Trinajstić information content (AvgIpc) is 3.45. The van der Waals surface area contributed by atoms with Crippen LogP contribution in [0, 0.1) is 18.6 Å². The maximum Gasteiger partial charge on any atom is 2.00 e. The Bertz CT molecular complexity index is 1640. The standard InChI is InChI=1S/C26H22P2.C14H11FN2.Ru/c1-5-13-23(14-6-1)27(24-15-7-2-8-16-24)21-22-28(25-17-9-3-10-18-25)26-19-11-4-12-20-26;1-16-10-17(12-8-6-11(15)7-9-12)14-5-3-2-4-13(14)16;/h1-22H;2-8,10H,1H3;/q;-2;+2/p+2. The maximum absolute atomic E-state index is 12.9. The van der Waals surface area contributed by atoms with E-state index < -0.39 is 15.8 Å². The second-order valence-electron chi connectivity index (χ2n) is 10.6. The molecule has 0 spiro atoms. The maximum atomic E-state index is 12.9. The topological polar surface area (TPSA) is 6.48 Å². The van der Waals surface area contributed by atoms with Crippen LogP contribution in [0.2, 0.25) is 0 Å². The molecule has 0 aromatic heterocycles. The minimum Gasteiger partial charge on any atom is -0.504 e. The van der Waals surface area contributed by atoms with E-state index in [-0.39, 0.29) is 25.3 Å². The zero-order chi connectivity index (χ0) is 30.8. The summed E-state index contributed by atoms with van der Waals surface area (Å²) in [6.45, 7) is 1.97. The molecular weight excluding hydrogens is 690 g/mol. The van der Waals surface area contributed by atoms with Crippen LogP contribution in [-0.2, 0) is 19.5 Å². The fourth-order valence-corrected chi connectivity index (χ4v) is 10.3. The summed E-state index contributed by atoms with van der Waals surface area (Å²) in [6, 6.07) is 59.3. The van der Waals surface area contributed by atoms with Crippen LogP contribution in [0.3, 0.4) is 0 Å². The van der Waals surface area contributed by atoms with E-state index in [0.29, 0.717) is 0 Å². The third-order valence-corrected chi connectivity index (χ3v) is 12.7. The van der Waals surface area contributed by atoms with Crippen molar-refractivity contribution in [3.8, 4) is 0 Å². The molecule has 0 N–H and O–H groups in total. The second kappa shape index (κ2) is 16.6. The number of fused-ring (bicyclic) bond motifs is 1.